The molecule has 0 aliphatic heterocycles. The van der Waals surface area contributed by atoms with Crippen LogP contribution in [-0.4, -0.2) is 25.7 Å². The first-order valence-electron chi connectivity index (χ1n) is 5.29. The molecule has 4 nitrogen and oxygen atoms in total. The third kappa shape index (κ3) is 3.20. The zero-order valence-electron chi connectivity index (χ0n) is 9.31. The van der Waals surface area contributed by atoms with Gasteiger partial charge in [-0.05, 0) is 37.8 Å². The van der Waals surface area contributed by atoms with Gasteiger partial charge in [0.25, 0.3) is 0 Å². The van der Waals surface area contributed by atoms with Gasteiger partial charge in [-0.1, -0.05) is 11.6 Å². The lowest BCUT2D eigenvalue weighted by atomic mass is 10.0. The molecule has 1 aromatic rings. The summed E-state index contributed by atoms with van der Waals surface area (Å²) in [5.74, 6) is 0.206. The highest BCUT2D eigenvalue weighted by Crippen LogP contribution is 2.39. The van der Waals surface area contributed by atoms with Crippen molar-refractivity contribution in [3.63, 3.8) is 0 Å². The monoisotopic (exact) mass is 295 g/mol. The average Bonchev–Trinajstić information content (AvgIpc) is 3.00. The second-order valence-electron chi connectivity index (χ2n) is 4.51. The maximum atomic E-state index is 11.9. The van der Waals surface area contributed by atoms with Crippen molar-refractivity contribution in [3.8, 4) is 0 Å². The molecule has 1 aliphatic carbocycles. The Morgan fingerprint density at radius 1 is 1.59 bits per heavy atom. The van der Waals surface area contributed by atoms with Crippen molar-refractivity contribution in [1.29, 1.82) is 0 Å². The molecule has 1 heterocycles. The van der Waals surface area contributed by atoms with Gasteiger partial charge in [0.15, 0.2) is 0 Å². The van der Waals surface area contributed by atoms with E-state index in [2.05, 4.69) is 4.72 Å². The summed E-state index contributed by atoms with van der Waals surface area (Å²) in [6.45, 7) is 1.70. The summed E-state index contributed by atoms with van der Waals surface area (Å²) in [5.41, 5.74) is -0.964. The van der Waals surface area contributed by atoms with E-state index in [0.717, 1.165) is 24.2 Å². The van der Waals surface area contributed by atoms with E-state index >= 15 is 0 Å². The number of halogens is 1. The summed E-state index contributed by atoms with van der Waals surface area (Å²) in [5, 5.41) is 10.0. The Labute approximate surface area is 110 Å². The maximum absolute atomic E-state index is 11.9. The molecule has 0 bridgehead atoms. The van der Waals surface area contributed by atoms with Crippen LogP contribution in [0.4, 0.5) is 0 Å². The van der Waals surface area contributed by atoms with Crippen LogP contribution >= 0.6 is 22.9 Å². The topological polar surface area (TPSA) is 66.4 Å². The largest absolute Gasteiger partial charge is 0.389 e. The van der Waals surface area contributed by atoms with E-state index in [1.54, 1.807) is 13.0 Å². The van der Waals surface area contributed by atoms with Crippen LogP contribution in [0.15, 0.2) is 16.3 Å². The average molecular weight is 296 g/mol. The first-order valence-corrected chi connectivity index (χ1v) is 7.96. The van der Waals surface area contributed by atoms with Gasteiger partial charge in [0.1, 0.15) is 4.21 Å². The highest BCUT2D eigenvalue weighted by molar-refractivity contribution is 7.91. The van der Waals surface area contributed by atoms with Crippen LogP contribution in [0.1, 0.15) is 19.8 Å². The van der Waals surface area contributed by atoms with E-state index < -0.39 is 15.6 Å². The van der Waals surface area contributed by atoms with Crippen LogP contribution < -0.4 is 4.72 Å². The Bertz CT molecular complexity index is 505. The second-order valence-corrected chi connectivity index (χ2v) is 8.22. The van der Waals surface area contributed by atoms with E-state index in [1.165, 1.54) is 6.07 Å². The third-order valence-corrected chi connectivity index (χ3v) is 6.01. The molecule has 0 saturated heterocycles. The Hall–Kier alpha value is -0.140. The second kappa shape index (κ2) is 4.51. The molecule has 1 aliphatic rings. The zero-order valence-corrected chi connectivity index (χ0v) is 11.7. The molecule has 1 atom stereocenters. The molecule has 2 rings (SSSR count). The first kappa shape index (κ1) is 13.3. The molecule has 1 saturated carbocycles. The van der Waals surface area contributed by atoms with Crippen molar-refractivity contribution in [3.05, 3.63) is 16.5 Å². The van der Waals surface area contributed by atoms with Crippen molar-refractivity contribution < 1.29 is 13.5 Å². The number of hydrogen-bond donors (Lipinski definition) is 2. The number of nitrogens with one attached hydrogen (secondary N) is 1. The molecule has 0 amide bonds. The molecule has 0 radical (unpaired) electrons. The molecular formula is C10H14ClNO3S2. The van der Waals surface area contributed by atoms with Crippen LogP contribution in [0.25, 0.3) is 0 Å². The molecule has 2 N–H and O–H groups in total. The van der Waals surface area contributed by atoms with Crippen molar-refractivity contribution in [2.24, 2.45) is 5.92 Å². The molecule has 1 aromatic heterocycles. The van der Waals surface area contributed by atoms with Crippen LogP contribution in [0.2, 0.25) is 4.34 Å². The minimum absolute atomic E-state index is 0.0372. The molecular weight excluding hydrogens is 282 g/mol. The van der Waals surface area contributed by atoms with E-state index in [1.807, 2.05) is 0 Å². The SMILES string of the molecule is C[C@@](O)(CNS(=O)(=O)c1ccc(Cl)s1)C1CC1. The number of rotatable bonds is 5. The minimum atomic E-state index is -3.55. The normalized spacial score (nSPS) is 20.2. The van der Waals surface area contributed by atoms with Crippen LogP contribution in [0, 0.1) is 5.92 Å². The van der Waals surface area contributed by atoms with Gasteiger partial charge in [-0.3, -0.25) is 0 Å². The summed E-state index contributed by atoms with van der Waals surface area (Å²) < 4.78 is 26.8. The lowest BCUT2D eigenvalue weighted by molar-refractivity contribution is 0.0422. The molecule has 17 heavy (non-hydrogen) atoms. The fourth-order valence-electron chi connectivity index (χ4n) is 1.60. The highest BCUT2D eigenvalue weighted by Gasteiger charge is 2.40. The van der Waals surface area contributed by atoms with Crippen molar-refractivity contribution >= 4 is 33.0 Å². The van der Waals surface area contributed by atoms with Gasteiger partial charge in [0, 0.05) is 6.54 Å². The van der Waals surface area contributed by atoms with E-state index in [9.17, 15) is 13.5 Å². The minimum Gasteiger partial charge on any atom is -0.389 e. The van der Waals surface area contributed by atoms with Gasteiger partial charge in [0.05, 0.1) is 9.94 Å². The smallest absolute Gasteiger partial charge is 0.250 e. The number of hydrogen-bond acceptors (Lipinski definition) is 4. The number of aliphatic hydroxyl groups is 1. The lowest BCUT2D eigenvalue weighted by Crippen LogP contribution is -2.42. The fourth-order valence-corrected chi connectivity index (χ4v) is 4.27. The summed E-state index contributed by atoms with van der Waals surface area (Å²) in [6.07, 6.45) is 1.92. The first-order chi connectivity index (χ1) is 7.81. The van der Waals surface area contributed by atoms with E-state index in [4.69, 9.17) is 11.6 Å². The lowest BCUT2D eigenvalue weighted by Gasteiger charge is -2.22. The molecule has 0 aromatic carbocycles. The molecule has 0 spiro atoms. The van der Waals surface area contributed by atoms with Gasteiger partial charge in [-0.25, -0.2) is 13.1 Å². The van der Waals surface area contributed by atoms with E-state index in [0.29, 0.717) is 4.34 Å². The van der Waals surface area contributed by atoms with Crippen LogP contribution in [-0.2, 0) is 10.0 Å². The summed E-state index contributed by atoms with van der Waals surface area (Å²) in [4.78, 5) is 0. The predicted octanol–water partition coefficient (Wildman–Crippen LogP) is 1.84. The van der Waals surface area contributed by atoms with Crippen LogP contribution in [0.5, 0.6) is 0 Å². The van der Waals surface area contributed by atoms with Crippen molar-refractivity contribution in [1.82, 2.24) is 4.72 Å². The van der Waals surface area contributed by atoms with Crippen molar-refractivity contribution in [2.75, 3.05) is 6.54 Å². The highest BCUT2D eigenvalue weighted by atomic mass is 35.5. The predicted molar refractivity (Wildman–Crippen MR) is 67.9 cm³/mol. The van der Waals surface area contributed by atoms with Crippen LogP contribution in [0.3, 0.4) is 0 Å². The standard InChI is InChI=1S/C10H14ClNO3S2/c1-10(13,7-2-3-7)6-12-17(14,15)9-5-4-8(11)16-9/h4-5,7,12-13H,2-3,6H2,1H3/t10-/m1/s1. The number of thiophene rings is 1. The Kier molecular flexibility index (Phi) is 3.53. The van der Waals surface area contributed by atoms with Gasteiger partial charge in [-0.2, -0.15) is 0 Å². The number of sulfonamides is 1. The van der Waals surface area contributed by atoms with Gasteiger partial charge in [-0.15, -0.1) is 11.3 Å². The summed E-state index contributed by atoms with van der Waals surface area (Å²) >= 11 is 6.70. The summed E-state index contributed by atoms with van der Waals surface area (Å²) in [7, 11) is -3.55. The van der Waals surface area contributed by atoms with E-state index in [-0.39, 0.29) is 16.7 Å². The van der Waals surface area contributed by atoms with Crippen molar-refractivity contribution in [2.45, 2.75) is 29.6 Å². The Morgan fingerprint density at radius 2 is 2.24 bits per heavy atom. The fraction of sp³-hybridized carbons (Fsp3) is 0.600. The zero-order chi connectivity index (χ0) is 12.7. The van der Waals surface area contributed by atoms with Gasteiger partial charge in [0.2, 0.25) is 10.0 Å². The molecule has 1 fully saturated rings. The summed E-state index contributed by atoms with van der Waals surface area (Å²) in [6, 6.07) is 3.00. The molecule has 0 unspecified atom stereocenters. The Balaban J connectivity index is 2.03. The Morgan fingerprint density at radius 3 is 2.71 bits per heavy atom. The molecule has 96 valence electrons. The van der Waals surface area contributed by atoms with Gasteiger partial charge >= 0.3 is 0 Å². The third-order valence-electron chi connectivity index (χ3n) is 2.89. The van der Waals surface area contributed by atoms with Gasteiger partial charge < -0.3 is 5.11 Å². The maximum Gasteiger partial charge on any atom is 0.250 e. The molecule has 7 heteroatoms. The quantitative estimate of drug-likeness (QED) is 0.871.